The molecule has 364 valence electrons. The third-order valence-electron chi connectivity index (χ3n) is 13.8. The zero-order chi connectivity index (χ0) is 48.3. The molecule has 2 aliphatic heterocycles. The minimum Gasteiger partial charge on any atom is -0.485 e. The second-order valence-electron chi connectivity index (χ2n) is 19.0. The number of nitrogens with zero attached hydrogens (tertiary/aromatic N) is 4. The van der Waals surface area contributed by atoms with Crippen LogP contribution in [0.3, 0.4) is 0 Å². The van der Waals surface area contributed by atoms with Gasteiger partial charge in [-0.25, -0.2) is 4.98 Å². The van der Waals surface area contributed by atoms with Crippen LogP contribution in [0.5, 0.6) is 5.75 Å². The van der Waals surface area contributed by atoms with E-state index in [9.17, 15) is 28.8 Å². The average molecular weight is 940 g/mol. The summed E-state index contributed by atoms with van der Waals surface area (Å²) >= 11 is 0. The molecule has 69 heavy (non-hydrogen) atoms. The quantitative estimate of drug-likeness (QED) is 0.0394. The van der Waals surface area contributed by atoms with Crippen molar-refractivity contribution in [2.45, 2.75) is 161 Å². The van der Waals surface area contributed by atoms with E-state index in [1.807, 2.05) is 26.0 Å². The molecule has 3 aliphatic rings. The Bertz CT molecular complexity index is 2640. The van der Waals surface area contributed by atoms with Crippen LogP contribution in [0.1, 0.15) is 165 Å². The normalized spacial score (nSPS) is 16.3. The second-order valence-corrected chi connectivity index (χ2v) is 19.0. The molecule has 5 amide bonds. The Kier molecular flexibility index (Phi) is 16.3. The summed E-state index contributed by atoms with van der Waals surface area (Å²) in [5.74, 6) is -0.434. The van der Waals surface area contributed by atoms with Gasteiger partial charge in [0.2, 0.25) is 17.7 Å². The number of anilines is 2. The third kappa shape index (κ3) is 12.2. The number of benzene rings is 2. The molecule has 8 rings (SSSR count). The number of pyridine rings is 1. The molecule has 0 spiro atoms. The highest BCUT2D eigenvalue weighted by Gasteiger charge is 2.46. The van der Waals surface area contributed by atoms with E-state index in [4.69, 9.17) is 14.2 Å². The summed E-state index contributed by atoms with van der Waals surface area (Å²) in [7, 11) is 0. The van der Waals surface area contributed by atoms with Crippen molar-refractivity contribution in [3.63, 3.8) is 0 Å². The predicted octanol–water partition coefficient (Wildman–Crippen LogP) is 9.80. The van der Waals surface area contributed by atoms with E-state index in [-0.39, 0.29) is 48.0 Å². The van der Waals surface area contributed by atoms with Crippen molar-refractivity contribution in [3.8, 4) is 16.9 Å². The lowest BCUT2D eigenvalue weighted by molar-refractivity contribution is -0.136. The summed E-state index contributed by atoms with van der Waals surface area (Å²) in [6.07, 6.45) is 21.1. The molecular formula is C54H65N7O8. The fraction of sp³-hybridized carbons (Fsp3) is 0.481. The summed E-state index contributed by atoms with van der Waals surface area (Å²) in [6.45, 7) is 3.69. The van der Waals surface area contributed by atoms with Crippen molar-refractivity contribution in [1.29, 1.82) is 0 Å². The molecule has 1 saturated heterocycles. The van der Waals surface area contributed by atoms with Crippen LogP contribution in [0.2, 0.25) is 0 Å². The number of unbranched alkanes of at least 4 members (excludes halogenated alkanes) is 9. The lowest BCUT2D eigenvalue weighted by Gasteiger charge is -2.27. The molecule has 0 radical (unpaired) electrons. The Morgan fingerprint density at radius 1 is 0.797 bits per heavy atom. The maximum absolute atomic E-state index is 13.3. The number of aromatic nitrogens is 3. The van der Waals surface area contributed by atoms with Crippen molar-refractivity contribution >= 4 is 52.5 Å². The van der Waals surface area contributed by atoms with Gasteiger partial charge in [-0.2, -0.15) is 0 Å². The molecule has 2 fully saturated rings. The van der Waals surface area contributed by atoms with Gasteiger partial charge in [0.05, 0.1) is 22.5 Å². The molecule has 15 nitrogen and oxygen atoms in total. The van der Waals surface area contributed by atoms with Gasteiger partial charge in [0.15, 0.2) is 5.78 Å². The molecule has 0 bridgehead atoms. The number of amides is 5. The van der Waals surface area contributed by atoms with Gasteiger partial charge in [0.1, 0.15) is 35.6 Å². The van der Waals surface area contributed by atoms with Crippen LogP contribution in [0, 0.1) is 13.8 Å². The van der Waals surface area contributed by atoms with Gasteiger partial charge in [0.25, 0.3) is 11.8 Å². The minimum absolute atomic E-state index is 0.0342. The number of rotatable bonds is 24. The highest BCUT2D eigenvalue weighted by Crippen LogP contribution is 2.35. The first kappa shape index (κ1) is 48.8. The number of nitrogens with one attached hydrogen (secondary N) is 3. The van der Waals surface area contributed by atoms with Crippen LogP contribution < -0.4 is 20.7 Å². The Labute approximate surface area is 403 Å². The van der Waals surface area contributed by atoms with E-state index >= 15 is 0 Å². The van der Waals surface area contributed by atoms with Gasteiger partial charge >= 0.3 is 0 Å². The van der Waals surface area contributed by atoms with Crippen LogP contribution in [0.4, 0.5) is 11.5 Å². The predicted molar refractivity (Wildman–Crippen MR) is 262 cm³/mol. The zero-order valence-electron chi connectivity index (χ0n) is 40.0. The lowest BCUT2D eigenvalue weighted by Crippen LogP contribution is -2.54. The molecule has 3 N–H and O–H groups in total. The Morgan fingerprint density at radius 3 is 2.20 bits per heavy atom. The van der Waals surface area contributed by atoms with E-state index in [0.29, 0.717) is 18.9 Å². The molecule has 3 aromatic heterocycles. The number of imide groups is 2. The summed E-state index contributed by atoms with van der Waals surface area (Å²) in [4.78, 5) is 81.7. The van der Waals surface area contributed by atoms with Gasteiger partial charge in [-0.1, -0.05) is 94.0 Å². The first-order valence-corrected chi connectivity index (χ1v) is 25.1. The number of imidazole rings is 1. The van der Waals surface area contributed by atoms with Gasteiger partial charge in [-0.15, -0.1) is 0 Å². The largest absolute Gasteiger partial charge is 0.485 e. The van der Waals surface area contributed by atoms with Crippen LogP contribution in [0.25, 0.3) is 16.8 Å². The highest BCUT2D eigenvalue weighted by molar-refractivity contribution is 6.24. The number of hydrogen-bond donors (Lipinski definition) is 3. The summed E-state index contributed by atoms with van der Waals surface area (Å²) in [6, 6.07) is 16.4. The number of carbonyl (C=O) groups is 6. The van der Waals surface area contributed by atoms with Gasteiger partial charge in [0, 0.05) is 42.8 Å². The standard InChI is InChI=1S/C54H65N7O8/c1-35-49(36(2)69-59-35)38-31-32-60-46(33-38)57-43(51(60)56-39-17-12-11-13-18-39)28-25-37-23-26-40(27-24-37)55-47(63)22-15-10-8-6-4-3-5-7-9-14-19-41(62)34-68-45-21-16-20-42-50(45)54(67)61(53(42)66)44-29-30-48(64)58-52(44)65/h16,20-21,23-24,26-27,31-33,39,44,56H,3-15,17-19,22,25,28-30,34H2,1-2H3,(H,55,63)(H,58,64,65). The Balaban J connectivity index is 0.675. The molecule has 1 saturated carbocycles. The number of piperidine rings is 1. The Morgan fingerprint density at radius 2 is 1.51 bits per heavy atom. The average Bonchev–Trinajstić information content (AvgIpc) is 3.96. The number of Topliss-reactive ketones (excluding diaryl/α,β-unsaturated/α-hetero) is 1. The van der Waals surface area contributed by atoms with Crippen molar-refractivity contribution in [2.24, 2.45) is 0 Å². The van der Waals surface area contributed by atoms with E-state index < -0.39 is 29.7 Å². The number of hydrogen-bond acceptors (Lipinski definition) is 11. The van der Waals surface area contributed by atoms with Crippen molar-refractivity contribution in [3.05, 3.63) is 94.6 Å². The van der Waals surface area contributed by atoms with E-state index in [2.05, 4.69) is 56.0 Å². The van der Waals surface area contributed by atoms with Crippen molar-refractivity contribution < 1.29 is 38.0 Å². The first-order valence-electron chi connectivity index (χ1n) is 25.1. The number of carbonyl (C=O) groups excluding carboxylic acids is 6. The van der Waals surface area contributed by atoms with Gasteiger partial charge in [-0.3, -0.25) is 43.4 Å². The number of ketones is 1. The lowest BCUT2D eigenvalue weighted by atomic mass is 9.95. The first-order chi connectivity index (χ1) is 33.5. The van der Waals surface area contributed by atoms with Crippen LogP contribution in [-0.2, 0) is 32.0 Å². The maximum atomic E-state index is 13.3. The molecular weight excluding hydrogens is 875 g/mol. The SMILES string of the molecule is Cc1noc(C)c1-c1ccn2c(NC3CCCCC3)c(CCc3ccc(NC(=O)CCCCCCCCCCCCC(=O)COc4cccc5c4C(=O)N(C4CCC(=O)NC4=O)C5=O)cc3)nc2c1. The zero-order valence-corrected chi connectivity index (χ0v) is 40.0. The molecule has 1 aliphatic carbocycles. The molecule has 15 heteroatoms. The summed E-state index contributed by atoms with van der Waals surface area (Å²) in [5, 5.41) is 13.3. The number of aryl methyl sites for hydroxylation is 4. The third-order valence-corrected chi connectivity index (χ3v) is 13.8. The van der Waals surface area contributed by atoms with Gasteiger partial charge in [-0.05, 0) is 106 Å². The molecule has 1 unspecified atom stereocenters. The second kappa shape index (κ2) is 23.1. The highest BCUT2D eigenvalue weighted by atomic mass is 16.5. The van der Waals surface area contributed by atoms with Crippen molar-refractivity contribution in [2.75, 3.05) is 17.2 Å². The van der Waals surface area contributed by atoms with E-state index in [0.717, 1.165) is 127 Å². The van der Waals surface area contributed by atoms with Crippen LogP contribution in [0.15, 0.2) is 65.3 Å². The van der Waals surface area contributed by atoms with E-state index in [1.54, 1.807) is 6.07 Å². The molecule has 5 heterocycles. The van der Waals surface area contributed by atoms with E-state index in [1.165, 1.54) is 49.8 Å². The van der Waals surface area contributed by atoms with Crippen LogP contribution in [-0.4, -0.2) is 73.5 Å². The van der Waals surface area contributed by atoms with Crippen molar-refractivity contribution in [1.82, 2.24) is 24.8 Å². The fourth-order valence-corrected chi connectivity index (χ4v) is 10.0. The number of ether oxygens (including phenoxy) is 1. The monoisotopic (exact) mass is 939 g/mol. The topological polar surface area (TPSA) is 194 Å². The minimum atomic E-state index is -1.07. The molecule has 5 aromatic rings. The maximum Gasteiger partial charge on any atom is 0.266 e. The smallest absolute Gasteiger partial charge is 0.266 e. The molecule has 1 atom stereocenters. The Hall–Kier alpha value is -6.64. The molecule has 2 aromatic carbocycles. The van der Waals surface area contributed by atoms with Gasteiger partial charge < -0.3 is 19.9 Å². The fourth-order valence-electron chi connectivity index (χ4n) is 10.0. The summed E-state index contributed by atoms with van der Waals surface area (Å²) < 4.78 is 13.4. The summed E-state index contributed by atoms with van der Waals surface area (Å²) in [5.41, 5.74) is 7.06. The number of fused-ring (bicyclic) bond motifs is 2. The van der Waals surface area contributed by atoms with Crippen LogP contribution >= 0.6 is 0 Å².